The van der Waals surface area contributed by atoms with E-state index >= 15 is 0 Å². The van der Waals surface area contributed by atoms with Gasteiger partial charge in [-0.25, -0.2) is 9.78 Å². The van der Waals surface area contributed by atoms with Crippen molar-refractivity contribution in [3.63, 3.8) is 0 Å². The fourth-order valence-electron chi connectivity index (χ4n) is 1.47. The Bertz CT molecular complexity index is 634. The van der Waals surface area contributed by atoms with E-state index in [0.717, 1.165) is 4.57 Å². The molecule has 0 unspecified atom stereocenters. The van der Waals surface area contributed by atoms with E-state index < -0.39 is 0 Å². The van der Waals surface area contributed by atoms with Gasteiger partial charge in [0.1, 0.15) is 0 Å². The van der Waals surface area contributed by atoms with E-state index in [-0.39, 0.29) is 88.2 Å². The molecule has 18 heavy (non-hydrogen) atoms. The standard InChI is InChI=1S/C8H10N4O2.ClH.2Na.H2O/c1-10-4-9-6-5(10)7(13)12(3)8(14)11(6)2;;;;/h4H,1-3H3;1H;;;1H2/q;;2*+1;/p-2. The molecule has 7 nitrogen and oxygen atoms in total. The van der Waals surface area contributed by atoms with Gasteiger partial charge >= 0.3 is 64.8 Å². The molecule has 2 aromatic heterocycles. The molecule has 2 rings (SSSR count). The molecule has 0 bridgehead atoms. The van der Waals surface area contributed by atoms with Crippen LogP contribution in [0.25, 0.3) is 11.2 Å². The molecule has 0 saturated heterocycles. The predicted molar refractivity (Wildman–Crippen MR) is 53.1 cm³/mol. The summed E-state index contributed by atoms with van der Waals surface area (Å²) < 4.78 is 4.04. The monoisotopic (exact) mass is 292 g/mol. The molecule has 0 aliphatic rings. The van der Waals surface area contributed by atoms with Gasteiger partial charge in [-0.3, -0.25) is 13.9 Å². The van der Waals surface area contributed by atoms with Crippen molar-refractivity contribution in [2.24, 2.45) is 21.1 Å². The smallest absolute Gasteiger partial charge is 1.00 e. The maximum Gasteiger partial charge on any atom is 1.00 e. The number of rotatable bonds is 0. The van der Waals surface area contributed by atoms with Crippen molar-refractivity contribution in [2.75, 3.05) is 0 Å². The predicted octanol–water partition coefficient (Wildman–Crippen LogP) is -10.2. The van der Waals surface area contributed by atoms with Crippen LogP contribution in [0, 0.1) is 0 Å². The largest absolute Gasteiger partial charge is 1.00 e. The topological polar surface area (TPSA) is 91.8 Å². The molecule has 0 amide bonds. The molecule has 1 N–H and O–H groups in total. The molecule has 10 heteroatoms. The molecule has 0 spiro atoms. The first kappa shape index (κ1) is 23.5. The van der Waals surface area contributed by atoms with Crippen LogP contribution in [0.2, 0.25) is 0 Å². The Balaban J connectivity index is -0.000000562. The molecule has 90 valence electrons. The number of aromatic nitrogens is 4. The zero-order chi connectivity index (χ0) is 10.5. The van der Waals surface area contributed by atoms with Crippen molar-refractivity contribution >= 4 is 11.2 Å². The van der Waals surface area contributed by atoms with Gasteiger partial charge in [0.15, 0.2) is 11.2 Å². The maximum atomic E-state index is 11.7. The second-order valence-corrected chi connectivity index (χ2v) is 3.23. The number of fused-ring (bicyclic) bond motifs is 1. The van der Waals surface area contributed by atoms with E-state index in [0.29, 0.717) is 11.2 Å². The van der Waals surface area contributed by atoms with Crippen LogP contribution >= 0.6 is 0 Å². The van der Waals surface area contributed by atoms with Crippen LogP contribution < -0.4 is 82.8 Å². The van der Waals surface area contributed by atoms with Gasteiger partial charge in [0.05, 0.1) is 6.33 Å². The summed E-state index contributed by atoms with van der Waals surface area (Å²) >= 11 is 0. The summed E-state index contributed by atoms with van der Waals surface area (Å²) in [4.78, 5) is 27.2. The second kappa shape index (κ2) is 8.55. The van der Waals surface area contributed by atoms with Crippen molar-refractivity contribution in [3.8, 4) is 0 Å². The third kappa shape index (κ3) is 3.49. The van der Waals surface area contributed by atoms with Gasteiger partial charge in [-0.1, -0.05) is 0 Å². The number of imidazole rings is 1. The van der Waals surface area contributed by atoms with Crippen molar-refractivity contribution < 1.29 is 77.0 Å². The van der Waals surface area contributed by atoms with Gasteiger partial charge in [-0.2, -0.15) is 0 Å². The Kier molecular flexibility index (Phi) is 11.2. The van der Waals surface area contributed by atoms with Crippen LogP contribution in [0.15, 0.2) is 15.9 Å². The molecule has 0 aromatic carbocycles. The summed E-state index contributed by atoms with van der Waals surface area (Å²) in [6, 6.07) is 0. The first-order valence-electron chi connectivity index (χ1n) is 4.11. The average Bonchev–Trinajstić information content (AvgIpc) is 2.54. The van der Waals surface area contributed by atoms with E-state index in [1.165, 1.54) is 17.9 Å². The van der Waals surface area contributed by atoms with E-state index in [1.54, 1.807) is 18.7 Å². The van der Waals surface area contributed by atoms with Crippen LogP contribution in [-0.4, -0.2) is 24.2 Å². The van der Waals surface area contributed by atoms with Gasteiger partial charge in [-0.15, -0.1) is 0 Å². The normalized spacial score (nSPS) is 8.61. The van der Waals surface area contributed by atoms with Crippen LogP contribution in [-0.2, 0) is 21.1 Å². The van der Waals surface area contributed by atoms with E-state index in [2.05, 4.69) is 4.98 Å². The SMILES string of the molecule is Cn1c(=O)c2c(ncn2C)n(C)c1=O.[Cl-].[Na+].[Na+].[OH-]. The first-order chi connectivity index (χ1) is 6.54. The first-order valence-corrected chi connectivity index (χ1v) is 4.11. The average molecular weight is 293 g/mol. The molecule has 0 fully saturated rings. The quantitative estimate of drug-likeness (QED) is 0.451. The zero-order valence-corrected chi connectivity index (χ0v) is 15.8. The molecule has 0 aliphatic heterocycles. The number of nitrogens with zero attached hydrogens (tertiary/aromatic N) is 4. The number of hydrogen-bond acceptors (Lipinski definition) is 4. The van der Waals surface area contributed by atoms with Gasteiger partial charge in [0.2, 0.25) is 0 Å². The fourth-order valence-corrected chi connectivity index (χ4v) is 1.47. The molecule has 2 aromatic rings. The van der Waals surface area contributed by atoms with Gasteiger partial charge in [-0.05, 0) is 0 Å². The summed E-state index contributed by atoms with van der Waals surface area (Å²) in [6.07, 6.45) is 1.52. The molecule has 2 heterocycles. The third-order valence-electron chi connectivity index (χ3n) is 2.32. The van der Waals surface area contributed by atoms with Crippen molar-refractivity contribution in [1.29, 1.82) is 0 Å². The Morgan fingerprint density at radius 2 is 1.56 bits per heavy atom. The summed E-state index contributed by atoms with van der Waals surface area (Å²) in [5, 5.41) is 0. The van der Waals surface area contributed by atoms with E-state index in [4.69, 9.17) is 0 Å². The fraction of sp³-hybridized carbons (Fsp3) is 0.375. The molecule has 0 radical (unpaired) electrons. The van der Waals surface area contributed by atoms with Gasteiger partial charge < -0.3 is 22.5 Å². The van der Waals surface area contributed by atoms with Crippen LogP contribution in [0.4, 0.5) is 0 Å². The van der Waals surface area contributed by atoms with Crippen molar-refractivity contribution in [3.05, 3.63) is 27.2 Å². The number of hydrogen-bond donors (Lipinski definition) is 0. The van der Waals surface area contributed by atoms with Crippen LogP contribution in [0.5, 0.6) is 0 Å². The molecule has 0 atom stereocenters. The minimum atomic E-state index is -0.360. The Morgan fingerprint density at radius 3 is 2.06 bits per heavy atom. The van der Waals surface area contributed by atoms with E-state index in [9.17, 15) is 9.59 Å². The molecule has 0 aliphatic carbocycles. The summed E-state index contributed by atoms with van der Waals surface area (Å²) in [6.45, 7) is 0. The minimum absolute atomic E-state index is 0. The molecule has 0 saturated carbocycles. The molecular weight excluding hydrogens is 282 g/mol. The Labute approximate surface area is 153 Å². The summed E-state index contributed by atoms with van der Waals surface area (Å²) in [5.41, 5.74) is 0.180. The van der Waals surface area contributed by atoms with Crippen LogP contribution in [0.3, 0.4) is 0 Å². The van der Waals surface area contributed by atoms with Gasteiger partial charge in [0.25, 0.3) is 5.56 Å². The summed E-state index contributed by atoms with van der Waals surface area (Å²) in [5.74, 6) is 0. The number of aryl methyl sites for hydroxylation is 2. The Morgan fingerprint density at radius 1 is 1.06 bits per heavy atom. The minimum Gasteiger partial charge on any atom is -1.00 e. The second-order valence-electron chi connectivity index (χ2n) is 3.23. The van der Waals surface area contributed by atoms with Gasteiger partial charge in [0, 0.05) is 21.1 Å². The van der Waals surface area contributed by atoms with Crippen molar-refractivity contribution in [1.82, 2.24) is 18.7 Å². The third-order valence-corrected chi connectivity index (χ3v) is 2.32. The Hall–Kier alpha value is 0.400. The number of halogens is 1. The van der Waals surface area contributed by atoms with Crippen molar-refractivity contribution in [2.45, 2.75) is 0 Å². The van der Waals surface area contributed by atoms with Crippen LogP contribution in [0.1, 0.15) is 0 Å². The molecular formula is C8H11ClN4Na2O3. The zero-order valence-electron chi connectivity index (χ0n) is 11.0. The maximum absolute atomic E-state index is 11.7. The van der Waals surface area contributed by atoms with E-state index in [1.807, 2.05) is 0 Å². The summed E-state index contributed by atoms with van der Waals surface area (Å²) in [7, 11) is 4.77.